The average Bonchev–Trinajstić information content (AvgIpc) is 2.67. The predicted molar refractivity (Wildman–Crippen MR) is 67.8 cm³/mol. The summed E-state index contributed by atoms with van der Waals surface area (Å²) < 4.78 is 22.5. The standard InChI is InChI=1S/C9H10N3O5PS/c10-5-1-2-12(9(14)11-5)8-6(13)7-4(19-8)3-16-18(15)17-7/h1-2,4,6-8,13H,3H2,(H-,10,11,14)/p+1/t4-,6+,7-,8-/m1/s1. The van der Waals surface area contributed by atoms with Crippen molar-refractivity contribution in [3.05, 3.63) is 22.7 Å². The fourth-order valence-corrected chi connectivity index (χ4v) is 4.58. The smallest absolute Gasteiger partial charge is 0.387 e. The molecule has 102 valence electrons. The Balaban J connectivity index is 1.90. The Kier molecular flexibility index (Phi) is 3.32. The Hall–Kier alpha value is -0.990. The van der Waals surface area contributed by atoms with E-state index in [9.17, 15) is 14.5 Å². The van der Waals surface area contributed by atoms with E-state index >= 15 is 0 Å². The molecule has 0 aromatic carbocycles. The van der Waals surface area contributed by atoms with Crippen LogP contribution < -0.4 is 11.4 Å². The van der Waals surface area contributed by atoms with Gasteiger partial charge in [0, 0.05) is 10.8 Å². The third-order valence-electron chi connectivity index (χ3n) is 2.99. The number of rotatable bonds is 1. The maximum Gasteiger partial charge on any atom is 0.697 e. The summed E-state index contributed by atoms with van der Waals surface area (Å²) in [5.41, 5.74) is 4.88. The van der Waals surface area contributed by atoms with Crippen LogP contribution in [0.1, 0.15) is 5.37 Å². The van der Waals surface area contributed by atoms with Gasteiger partial charge in [0.15, 0.2) is 6.10 Å². The minimum absolute atomic E-state index is 0.124. The third kappa shape index (κ3) is 2.28. The van der Waals surface area contributed by atoms with Crippen molar-refractivity contribution in [3.8, 4) is 0 Å². The molecule has 0 amide bonds. The van der Waals surface area contributed by atoms with Crippen LogP contribution in [-0.2, 0) is 13.6 Å². The number of aromatic nitrogens is 2. The minimum Gasteiger partial charge on any atom is -0.387 e. The topological polar surface area (TPSA) is 117 Å². The average molecular weight is 304 g/mol. The summed E-state index contributed by atoms with van der Waals surface area (Å²) in [6.07, 6.45) is -0.0955. The fraction of sp³-hybridized carbons (Fsp3) is 0.556. The largest absolute Gasteiger partial charge is 0.697 e. The van der Waals surface area contributed by atoms with Gasteiger partial charge >= 0.3 is 13.9 Å². The van der Waals surface area contributed by atoms with Crippen molar-refractivity contribution >= 4 is 25.8 Å². The quantitative estimate of drug-likeness (QED) is 0.689. The highest BCUT2D eigenvalue weighted by Gasteiger charge is 2.54. The number of thioether (sulfide) groups is 1. The van der Waals surface area contributed by atoms with Crippen LogP contribution in [0, 0.1) is 0 Å². The molecule has 0 radical (unpaired) electrons. The number of nitrogens with zero attached hydrogens (tertiary/aromatic N) is 2. The predicted octanol–water partition coefficient (Wildman–Crippen LogP) is -0.127. The number of anilines is 1. The lowest BCUT2D eigenvalue weighted by Gasteiger charge is -2.18. The van der Waals surface area contributed by atoms with E-state index in [1.165, 1.54) is 28.6 Å². The molecule has 2 aliphatic rings. The second-order valence-electron chi connectivity index (χ2n) is 4.19. The maximum absolute atomic E-state index is 11.8. The van der Waals surface area contributed by atoms with Crippen LogP contribution in [0.5, 0.6) is 0 Å². The molecule has 5 atom stereocenters. The molecule has 0 bridgehead atoms. The lowest BCUT2D eigenvalue weighted by Crippen LogP contribution is -2.38. The minimum atomic E-state index is -2.20. The summed E-state index contributed by atoms with van der Waals surface area (Å²) in [5.74, 6) is 0.124. The SMILES string of the molecule is Nc1ccn([C@@H]2S[C@@H]3CO[P+](=O)O[C@H]3[C@@H]2O)c(=O)n1. The fourth-order valence-electron chi connectivity index (χ4n) is 2.10. The number of nitrogen functional groups attached to an aromatic ring is 1. The summed E-state index contributed by atoms with van der Waals surface area (Å²) in [7, 11) is -2.20. The Morgan fingerprint density at radius 1 is 1.63 bits per heavy atom. The van der Waals surface area contributed by atoms with Crippen LogP contribution >= 0.6 is 20.0 Å². The summed E-state index contributed by atoms with van der Waals surface area (Å²) in [6.45, 7) is 0.218. The van der Waals surface area contributed by atoms with E-state index in [-0.39, 0.29) is 17.7 Å². The molecule has 3 N–H and O–H groups in total. The molecule has 3 heterocycles. The van der Waals surface area contributed by atoms with Gasteiger partial charge in [-0.25, -0.2) is 4.79 Å². The van der Waals surface area contributed by atoms with Gasteiger partial charge in [0.25, 0.3) is 0 Å². The van der Waals surface area contributed by atoms with Crippen LogP contribution in [0.3, 0.4) is 0 Å². The first-order chi connectivity index (χ1) is 9.06. The molecule has 1 unspecified atom stereocenters. The summed E-state index contributed by atoms with van der Waals surface area (Å²) in [4.78, 5) is 15.4. The van der Waals surface area contributed by atoms with Gasteiger partial charge in [0.1, 0.15) is 23.9 Å². The van der Waals surface area contributed by atoms with Gasteiger partial charge in [-0.1, -0.05) is 0 Å². The number of aliphatic hydroxyl groups excluding tert-OH is 1. The normalized spacial score (nSPS) is 36.2. The molecule has 1 aromatic rings. The zero-order valence-corrected chi connectivity index (χ0v) is 11.3. The zero-order valence-electron chi connectivity index (χ0n) is 9.58. The Morgan fingerprint density at radius 3 is 3.16 bits per heavy atom. The molecule has 2 aliphatic heterocycles. The molecular formula is C9H11N3O5PS+. The number of fused-ring (bicyclic) bond motifs is 1. The molecule has 8 nitrogen and oxygen atoms in total. The molecule has 2 saturated heterocycles. The molecule has 1 aromatic heterocycles. The van der Waals surface area contributed by atoms with Gasteiger partial charge in [-0.3, -0.25) is 4.57 Å². The van der Waals surface area contributed by atoms with E-state index in [2.05, 4.69) is 4.98 Å². The summed E-state index contributed by atoms with van der Waals surface area (Å²) >= 11 is 1.33. The lowest BCUT2D eigenvalue weighted by molar-refractivity contribution is 0.00361. The van der Waals surface area contributed by atoms with Crippen LogP contribution in [0.4, 0.5) is 5.82 Å². The first-order valence-corrected chi connectivity index (χ1v) is 7.55. The number of aliphatic hydroxyl groups is 1. The Labute approximate surface area is 112 Å². The van der Waals surface area contributed by atoms with Crippen molar-refractivity contribution in [3.63, 3.8) is 0 Å². The van der Waals surface area contributed by atoms with Crippen LogP contribution in [0.25, 0.3) is 0 Å². The van der Waals surface area contributed by atoms with Crippen LogP contribution in [0.15, 0.2) is 17.1 Å². The van der Waals surface area contributed by atoms with Crippen molar-refractivity contribution in [2.75, 3.05) is 12.3 Å². The van der Waals surface area contributed by atoms with E-state index < -0.39 is 31.5 Å². The van der Waals surface area contributed by atoms with Gasteiger partial charge in [-0.15, -0.1) is 20.8 Å². The molecular weight excluding hydrogens is 293 g/mol. The number of hydrogen-bond donors (Lipinski definition) is 2. The van der Waals surface area contributed by atoms with Crippen molar-refractivity contribution in [1.82, 2.24) is 9.55 Å². The van der Waals surface area contributed by atoms with E-state index in [4.69, 9.17) is 14.8 Å². The lowest BCUT2D eigenvalue weighted by atomic mass is 10.1. The van der Waals surface area contributed by atoms with E-state index in [0.29, 0.717) is 0 Å². The highest BCUT2D eigenvalue weighted by atomic mass is 32.2. The summed E-state index contributed by atoms with van der Waals surface area (Å²) in [5, 5.41) is 9.48. The van der Waals surface area contributed by atoms with Crippen molar-refractivity contribution in [2.24, 2.45) is 0 Å². The van der Waals surface area contributed by atoms with E-state index in [1.807, 2.05) is 0 Å². The highest BCUT2D eigenvalue weighted by molar-refractivity contribution is 8.00. The van der Waals surface area contributed by atoms with Crippen molar-refractivity contribution in [1.29, 1.82) is 0 Å². The first kappa shape index (κ1) is 13.0. The molecule has 0 spiro atoms. The van der Waals surface area contributed by atoms with Crippen molar-refractivity contribution in [2.45, 2.75) is 22.8 Å². The molecule has 0 aliphatic carbocycles. The van der Waals surface area contributed by atoms with Gasteiger partial charge in [-0.2, -0.15) is 4.98 Å². The highest BCUT2D eigenvalue weighted by Crippen LogP contribution is 2.49. The second-order valence-corrected chi connectivity index (χ2v) is 6.46. The van der Waals surface area contributed by atoms with Gasteiger partial charge in [0.2, 0.25) is 0 Å². The monoisotopic (exact) mass is 304 g/mol. The zero-order chi connectivity index (χ0) is 13.6. The molecule has 0 saturated carbocycles. The first-order valence-electron chi connectivity index (χ1n) is 5.51. The molecule has 3 rings (SSSR count). The molecule has 10 heteroatoms. The molecule has 19 heavy (non-hydrogen) atoms. The van der Waals surface area contributed by atoms with E-state index in [0.717, 1.165) is 0 Å². The summed E-state index contributed by atoms with van der Waals surface area (Å²) in [6, 6.07) is 1.48. The number of nitrogens with two attached hydrogens (primary N) is 1. The maximum atomic E-state index is 11.8. The second kappa shape index (κ2) is 4.84. The molecule has 2 fully saturated rings. The number of hydrogen-bond acceptors (Lipinski definition) is 8. The third-order valence-corrected chi connectivity index (χ3v) is 5.30. The van der Waals surface area contributed by atoms with Gasteiger partial charge in [0.05, 0.1) is 5.25 Å². The van der Waals surface area contributed by atoms with Gasteiger partial charge in [-0.05, 0) is 6.07 Å². The van der Waals surface area contributed by atoms with E-state index in [1.54, 1.807) is 0 Å². The Morgan fingerprint density at radius 2 is 2.42 bits per heavy atom. The van der Waals surface area contributed by atoms with Gasteiger partial charge < -0.3 is 10.8 Å². The van der Waals surface area contributed by atoms with Crippen LogP contribution in [-0.4, -0.2) is 38.7 Å². The Bertz CT molecular complexity index is 581. The van der Waals surface area contributed by atoms with Crippen LogP contribution in [0.2, 0.25) is 0 Å². The van der Waals surface area contributed by atoms with Crippen molar-refractivity contribution < 1.29 is 18.7 Å².